The topological polar surface area (TPSA) is 485 Å². The van der Waals surface area contributed by atoms with Gasteiger partial charge in [0.15, 0.2) is 5.96 Å². The van der Waals surface area contributed by atoms with E-state index in [1.54, 1.807) is 71.9 Å². The van der Waals surface area contributed by atoms with Crippen molar-refractivity contribution in [3.05, 3.63) is 102 Å². The number of hydrogen-bond donors (Lipinski definition) is 15. The Balaban J connectivity index is 1.40. The molecule has 4 aromatic rings. The van der Waals surface area contributed by atoms with Crippen LogP contribution in [0.3, 0.4) is 0 Å². The number of rotatable bonds is 37. The molecule has 3 heterocycles. The molecule has 1 aliphatic rings. The Morgan fingerprint density at radius 1 is 0.660 bits per heavy atom. The maximum Gasteiger partial charge on any atom is 0.370 e. The van der Waals surface area contributed by atoms with E-state index in [1.165, 1.54) is 54.2 Å². The summed E-state index contributed by atoms with van der Waals surface area (Å²) in [5, 5.41) is 40.7. The molecule has 1 saturated heterocycles. The number of aliphatic imine (C=N–C) groups is 1. The second-order valence-corrected chi connectivity index (χ2v) is 24.0. The van der Waals surface area contributed by atoms with E-state index in [4.69, 9.17) is 17.2 Å². The van der Waals surface area contributed by atoms with Crippen molar-refractivity contribution in [2.75, 3.05) is 13.1 Å². The second kappa shape index (κ2) is 36.9. The molecule has 0 bridgehead atoms. The molecule has 18 N–H and O–H groups in total. The first-order chi connectivity index (χ1) is 44.7. The van der Waals surface area contributed by atoms with Crippen molar-refractivity contribution < 1.29 is 72.4 Å². The average molecular weight is 1310 g/mol. The Bertz CT molecular complexity index is 3210. The maximum atomic E-state index is 15.1. The highest BCUT2D eigenvalue weighted by atomic mass is 19.3. The summed E-state index contributed by atoms with van der Waals surface area (Å²) in [4.78, 5) is 176. The Morgan fingerprint density at radius 2 is 1.17 bits per heavy atom. The molecule has 32 heteroatoms. The van der Waals surface area contributed by atoms with Crippen molar-refractivity contribution in [2.24, 2.45) is 39.9 Å². The van der Waals surface area contributed by atoms with E-state index in [9.17, 15) is 62.7 Å². The number of amides is 9. The van der Waals surface area contributed by atoms with Crippen LogP contribution in [0.1, 0.15) is 109 Å². The van der Waals surface area contributed by atoms with E-state index in [-0.39, 0.29) is 82.1 Å². The molecule has 0 unspecified atom stereocenters. The summed E-state index contributed by atoms with van der Waals surface area (Å²) in [6.45, 7) is 10.2. The summed E-state index contributed by atoms with van der Waals surface area (Å²) in [5.41, 5.74) is 18.6. The number of phenolic OH excluding ortho intramolecular Hbond substituents is 1. The molecule has 31 nitrogen and oxygen atoms in total. The minimum atomic E-state index is -1.54. The summed E-state index contributed by atoms with van der Waals surface area (Å²) in [7, 11) is 0. The second-order valence-electron chi connectivity index (χ2n) is 24.0. The number of carbonyl (C=O) groups is 11. The first-order valence-corrected chi connectivity index (χ1v) is 31.0. The number of aliphatic carboxylic acids is 1. The van der Waals surface area contributed by atoms with Gasteiger partial charge >= 0.3 is 11.9 Å². The van der Waals surface area contributed by atoms with E-state index in [0.29, 0.717) is 35.4 Å². The lowest BCUT2D eigenvalue weighted by Crippen LogP contribution is -2.62. The molecular weight excluding hydrogens is 1230 g/mol. The van der Waals surface area contributed by atoms with Crippen LogP contribution in [0.4, 0.5) is 4.53 Å². The zero-order valence-electron chi connectivity index (χ0n) is 53.4. The van der Waals surface area contributed by atoms with Crippen LogP contribution < -0.4 is 59.7 Å². The Hall–Kier alpha value is -10.0. The fraction of sp³-hybridized carbons (Fsp3) is 0.516. The number of imidazole rings is 2. The van der Waals surface area contributed by atoms with Gasteiger partial charge in [0.25, 0.3) is 0 Å². The Labute approximate surface area is 542 Å². The van der Waals surface area contributed by atoms with E-state index < -0.39 is 144 Å². The van der Waals surface area contributed by atoms with Crippen LogP contribution in [0.25, 0.3) is 0 Å². The Morgan fingerprint density at radius 3 is 1.72 bits per heavy atom. The number of aromatic hydroxyl groups is 1. The fourth-order valence-electron chi connectivity index (χ4n) is 10.4. The van der Waals surface area contributed by atoms with E-state index in [1.807, 2.05) is 0 Å². The molecule has 0 radical (unpaired) electrons. The van der Waals surface area contributed by atoms with Gasteiger partial charge in [-0.1, -0.05) is 90.4 Å². The highest BCUT2D eigenvalue weighted by Crippen LogP contribution is 2.22. The third kappa shape index (κ3) is 23.6. The van der Waals surface area contributed by atoms with Gasteiger partial charge in [0.1, 0.15) is 60.1 Å². The summed E-state index contributed by atoms with van der Waals surface area (Å²) < 4.78 is 13.2. The molecule has 1 aliphatic heterocycles. The van der Waals surface area contributed by atoms with Crippen LogP contribution >= 0.6 is 0 Å². The fourth-order valence-corrected chi connectivity index (χ4v) is 10.4. The number of nitrogens with two attached hydrogens (primary N) is 3. The predicted octanol–water partition coefficient (Wildman–Crippen LogP) is -0.990. The van der Waals surface area contributed by atoms with E-state index in [0.717, 1.165) is 0 Å². The molecule has 0 spiro atoms. The quantitative estimate of drug-likeness (QED) is 0.0146. The molecule has 1 fully saturated rings. The van der Waals surface area contributed by atoms with Crippen LogP contribution in [0.2, 0.25) is 0 Å². The SMILES string of the molecule is CC[C@H](C)[C@H](NC(=O)[C@H](Cc1ccc(O)cc1)NC(=O)[C@@H](NC(=O)[C@H](CCCN=C(N)N)NC(=O)[C@@H](N)CC(=O)O)C(C)C)C(=O)N[C@@H](Cc1cnc[nH]1)C(=O)N1CCC[C@H]1C(=O)N[C@@H](Cc1ccccc1)C(=O)N[C@@H](Cc1cnc[nH]1)C(=O)N[C@@H](CC(C)C)C(=O)OF. The van der Waals surface area contributed by atoms with Crippen molar-refractivity contribution in [3.8, 4) is 5.75 Å². The normalized spacial score (nSPS) is 16.0. The van der Waals surface area contributed by atoms with Gasteiger partial charge in [-0.25, -0.2) is 14.8 Å². The molecule has 2 aromatic heterocycles. The van der Waals surface area contributed by atoms with Crippen molar-refractivity contribution in [1.29, 1.82) is 0 Å². The number of hydrogen-bond acceptors (Lipinski definition) is 17. The van der Waals surface area contributed by atoms with Crippen molar-refractivity contribution in [2.45, 2.75) is 173 Å². The smallest absolute Gasteiger partial charge is 0.370 e. The highest BCUT2D eigenvalue weighted by Gasteiger charge is 2.42. The van der Waals surface area contributed by atoms with Gasteiger partial charge < -0.3 is 84.8 Å². The van der Waals surface area contributed by atoms with Gasteiger partial charge in [-0.05, 0) is 73.1 Å². The number of nitrogens with one attached hydrogen (secondary N) is 10. The minimum Gasteiger partial charge on any atom is -0.508 e. The highest BCUT2D eigenvalue weighted by molar-refractivity contribution is 5.99. The molecule has 9 amide bonds. The molecular formula is C62H88FN17O14. The summed E-state index contributed by atoms with van der Waals surface area (Å²) in [5.74, 6) is -12.1. The zero-order chi connectivity index (χ0) is 69.2. The summed E-state index contributed by atoms with van der Waals surface area (Å²) >= 11 is 0. The van der Waals surface area contributed by atoms with Crippen molar-refractivity contribution in [3.63, 3.8) is 0 Å². The monoisotopic (exact) mass is 1310 g/mol. The number of guanidine groups is 1. The van der Waals surface area contributed by atoms with Crippen LogP contribution in [0.5, 0.6) is 5.75 Å². The van der Waals surface area contributed by atoms with Crippen LogP contribution in [0, 0.1) is 17.8 Å². The molecule has 2 aromatic carbocycles. The van der Waals surface area contributed by atoms with Crippen LogP contribution in [0.15, 0.2) is 84.6 Å². The van der Waals surface area contributed by atoms with Gasteiger partial charge in [-0.15, -0.1) is 0 Å². The summed E-state index contributed by atoms with van der Waals surface area (Å²) in [6, 6.07) is 0.395. The molecule has 0 aliphatic carbocycles. The number of carboxylic acid groups (broad SMARTS) is 1. The lowest BCUT2D eigenvalue weighted by molar-refractivity contribution is -0.187. The number of aromatic nitrogens is 4. The number of benzene rings is 2. The van der Waals surface area contributed by atoms with Crippen LogP contribution in [-0.4, -0.2) is 180 Å². The first kappa shape index (κ1) is 74.7. The third-order valence-electron chi connectivity index (χ3n) is 15.7. The zero-order valence-corrected chi connectivity index (χ0v) is 53.4. The lowest BCUT2D eigenvalue weighted by atomic mass is 9.96. The molecule has 0 saturated carbocycles. The number of phenols is 1. The number of aromatic amines is 2. The predicted molar refractivity (Wildman–Crippen MR) is 338 cm³/mol. The number of likely N-dealkylation sites (tertiary alicyclic amines) is 1. The van der Waals surface area contributed by atoms with Gasteiger partial charge in [0.05, 0.1) is 25.1 Å². The number of H-pyrrole nitrogens is 2. The van der Waals surface area contributed by atoms with Gasteiger partial charge in [-0.3, -0.25) is 57.9 Å². The van der Waals surface area contributed by atoms with Gasteiger partial charge in [-0.2, -0.15) is 0 Å². The number of halogens is 1. The summed E-state index contributed by atoms with van der Waals surface area (Å²) in [6.07, 6.45) is 4.93. The van der Waals surface area contributed by atoms with Crippen molar-refractivity contribution in [1.82, 2.24) is 67.4 Å². The van der Waals surface area contributed by atoms with Gasteiger partial charge in [0.2, 0.25) is 53.2 Å². The van der Waals surface area contributed by atoms with Crippen molar-refractivity contribution >= 4 is 71.1 Å². The van der Waals surface area contributed by atoms with Gasteiger partial charge in [0, 0.05) is 67.1 Å². The lowest BCUT2D eigenvalue weighted by Gasteiger charge is -2.32. The number of carboxylic acids is 1. The Kier molecular flexibility index (Phi) is 29.3. The minimum absolute atomic E-state index is 0.00227. The maximum absolute atomic E-state index is 15.1. The average Bonchev–Trinajstić information content (AvgIpc) is 1.53. The number of nitrogens with zero attached hydrogens (tertiary/aromatic N) is 4. The van der Waals surface area contributed by atoms with Crippen LogP contribution in [-0.2, 0) is 83.4 Å². The molecule has 512 valence electrons. The molecule has 5 rings (SSSR count). The largest absolute Gasteiger partial charge is 0.508 e. The number of carbonyl (C=O) groups excluding carboxylic acids is 10. The standard InChI is InChI=1S/C62H88FN17O14/c1-7-35(6)51(79-56(88)44(25-37-17-19-40(81)20-18-37)75-58(90)50(34(4)5)78-53(85)42(15-11-21-69-62(65)66)72-52(84)41(64)28-49(82)83)59(91)76-46(27-39-30-68-32-71-39)60(92)80-22-12-16-48(80)57(89)74-43(24-36-13-9-8-10-14-36)54(86)73-45(26-38-29-67-31-70-38)55(87)77-47(23-33(2)3)61(93)94-63/h8-10,13-14,17-20,29-35,41-48,50-51,81H,7,11-12,15-16,21-28,64H2,1-6H3,(H,67,70)(H,68,71)(H,72,84)(H,73,86)(H,74,89)(H,75,90)(H,76,91)(H,77,87)(H,78,85)(H,79,88)(H,82,83)(H4,65,66,69)/t35-,41-,42-,43-,44-,45-,46-,47-,48-,50-,51-/m0/s1. The van der Waals surface area contributed by atoms with E-state index >= 15 is 4.79 Å². The molecule has 94 heavy (non-hydrogen) atoms. The van der Waals surface area contributed by atoms with E-state index in [2.05, 4.69) is 72.4 Å². The molecule has 11 atom stereocenters. The first-order valence-electron chi connectivity index (χ1n) is 31.0. The third-order valence-corrected chi connectivity index (χ3v) is 15.7.